The Morgan fingerprint density at radius 3 is 3.00 bits per heavy atom. The molecule has 0 saturated heterocycles. The molecular formula is C13H16N2O3S. The van der Waals surface area contributed by atoms with E-state index in [2.05, 4.69) is 4.74 Å². The third-order valence-corrected chi connectivity index (χ3v) is 4.30. The molecule has 0 saturated carbocycles. The molecule has 0 aliphatic carbocycles. The largest absolute Gasteiger partial charge is 0.469 e. The number of hydrogen-bond donors (Lipinski definition) is 1. The van der Waals surface area contributed by atoms with Crippen molar-refractivity contribution >= 4 is 29.3 Å². The molecule has 1 aromatic carbocycles. The maximum Gasteiger partial charge on any atom is 0.307 e. The standard InChI is InChI=1S/C13H16N2O3S/c1-15-7-8-5-9(14)3-4-10(8)19-11(13(15)17)6-12(16)18-2/h3-5,11H,6-7,14H2,1-2H3. The first-order valence-electron chi connectivity index (χ1n) is 5.88. The van der Waals surface area contributed by atoms with E-state index < -0.39 is 5.25 Å². The van der Waals surface area contributed by atoms with Crippen molar-refractivity contribution in [3.05, 3.63) is 23.8 Å². The number of benzene rings is 1. The molecule has 1 heterocycles. The van der Waals surface area contributed by atoms with Crippen molar-refractivity contribution in [3.63, 3.8) is 0 Å². The smallest absolute Gasteiger partial charge is 0.307 e. The second-order valence-electron chi connectivity index (χ2n) is 4.45. The van der Waals surface area contributed by atoms with Crippen LogP contribution in [0.15, 0.2) is 23.1 Å². The molecule has 102 valence electrons. The molecule has 1 amide bonds. The van der Waals surface area contributed by atoms with E-state index in [1.165, 1.54) is 18.9 Å². The van der Waals surface area contributed by atoms with Gasteiger partial charge in [0.1, 0.15) is 0 Å². The minimum Gasteiger partial charge on any atom is -0.469 e. The van der Waals surface area contributed by atoms with E-state index in [1.807, 2.05) is 12.1 Å². The van der Waals surface area contributed by atoms with Crippen LogP contribution in [0.25, 0.3) is 0 Å². The van der Waals surface area contributed by atoms with Crippen LogP contribution in [0.5, 0.6) is 0 Å². The average Bonchev–Trinajstić information content (AvgIpc) is 2.49. The van der Waals surface area contributed by atoms with Gasteiger partial charge in [0, 0.05) is 24.2 Å². The molecule has 1 atom stereocenters. The predicted molar refractivity (Wildman–Crippen MR) is 73.6 cm³/mol. The molecular weight excluding hydrogens is 264 g/mol. The first kappa shape index (κ1) is 13.7. The number of nitrogens with zero attached hydrogens (tertiary/aromatic N) is 1. The molecule has 0 bridgehead atoms. The molecule has 1 aliphatic rings. The van der Waals surface area contributed by atoms with Crippen LogP contribution in [0.1, 0.15) is 12.0 Å². The van der Waals surface area contributed by atoms with Gasteiger partial charge in [-0.15, -0.1) is 11.8 Å². The lowest BCUT2D eigenvalue weighted by atomic mass is 10.2. The van der Waals surface area contributed by atoms with Gasteiger partial charge in [-0.2, -0.15) is 0 Å². The van der Waals surface area contributed by atoms with Crippen LogP contribution in [0.3, 0.4) is 0 Å². The lowest BCUT2D eigenvalue weighted by Crippen LogP contribution is -2.34. The van der Waals surface area contributed by atoms with Crippen LogP contribution in [-0.2, 0) is 20.9 Å². The predicted octanol–water partition coefficient (Wildman–Crippen LogP) is 1.26. The van der Waals surface area contributed by atoms with Gasteiger partial charge in [-0.1, -0.05) is 0 Å². The van der Waals surface area contributed by atoms with Gasteiger partial charge in [0.05, 0.1) is 18.8 Å². The Balaban J connectivity index is 2.29. The fraction of sp³-hybridized carbons (Fsp3) is 0.385. The van der Waals surface area contributed by atoms with Crippen molar-refractivity contribution in [2.24, 2.45) is 0 Å². The van der Waals surface area contributed by atoms with E-state index in [9.17, 15) is 9.59 Å². The molecule has 0 aromatic heterocycles. The quantitative estimate of drug-likeness (QED) is 0.652. The number of hydrogen-bond acceptors (Lipinski definition) is 5. The lowest BCUT2D eigenvalue weighted by molar-refractivity contribution is -0.143. The van der Waals surface area contributed by atoms with E-state index in [0.29, 0.717) is 12.2 Å². The number of rotatable bonds is 2. The highest BCUT2D eigenvalue weighted by molar-refractivity contribution is 8.00. The maximum atomic E-state index is 12.2. The SMILES string of the molecule is COC(=O)CC1Sc2ccc(N)cc2CN(C)C1=O. The van der Waals surface area contributed by atoms with Gasteiger partial charge in [0.25, 0.3) is 0 Å². The van der Waals surface area contributed by atoms with Crippen molar-refractivity contribution in [2.75, 3.05) is 19.9 Å². The summed E-state index contributed by atoms with van der Waals surface area (Å²) in [6, 6.07) is 5.56. The van der Waals surface area contributed by atoms with E-state index in [-0.39, 0.29) is 18.3 Å². The zero-order chi connectivity index (χ0) is 14.0. The Hall–Kier alpha value is -1.69. The van der Waals surface area contributed by atoms with E-state index >= 15 is 0 Å². The zero-order valence-electron chi connectivity index (χ0n) is 10.9. The second-order valence-corrected chi connectivity index (χ2v) is 5.69. The fourth-order valence-electron chi connectivity index (χ4n) is 1.98. The van der Waals surface area contributed by atoms with Crippen LogP contribution in [0.2, 0.25) is 0 Å². The summed E-state index contributed by atoms with van der Waals surface area (Å²) in [5, 5.41) is -0.442. The van der Waals surface area contributed by atoms with Gasteiger partial charge in [-0.3, -0.25) is 9.59 Å². The molecule has 0 radical (unpaired) electrons. The molecule has 6 heteroatoms. The summed E-state index contributed by atoms with van der Waals surface area (Å²) in [7, 11) is 3.05. The zero-order valence-corrected chi connectivity index (χ0v) is 11.7. The molecule has 1 aromatic rings. The van der Waals surface area contributed by atoms with Crippen molar-refractivity contribution in [1.82, 2.24) is 4.90 Å². The third-order valence-electron chi connectivity index (χ3n) is 2.99. The number of thioether (sulfide) groups is 1. The van der Waals surface area contributed by atoms with Gasteiger partial charge in [-0.05, 0) is 23.8 Å². The molecule has 0 spiro atoms. The molecule has 2 N–H and O–H groups in total. The Morgan fingerprint density at radius 2 is 2.32 bits per heavy atom. The first-order valence-corrected chi connectivity index (χ1v) is 6.76. The van der Waals surface area contributed by atoms with Gasteiger partial charge >= 0.3 is 5.97 Å². The number of fused-ring (bicyclic) bond motifs is 1. The summed E-state index contributed by atoms with van der Waals surface area (Å²) < 4.78 is 4.64. The first-order chi connectivity index (χ1) is 9.01. The molecule has 5 nitrogen and oxygen atoms in total. The van der Waals surface area contributed by atoms with Gasteiger partial charge in [-0.25, -0.2) is 0 Å². The highest BCUT2D eigenvalue weighted by atomic mass is 32.2. The van der Waals surface area contributed by atoms with Crippen molar-refractivity contribution < 1.29 is 14.3 Å². The second kappa shape index (κ2) is 5.52. The topological polar surface area (TPSA) is 72.6 Å². The minimum absolute atomic E-state index is 0.0647. The highest BCUT2D eigenvalue weighted by Crippen LogP contribution is 2.34. The van der Waals surface area contributed by atoms with Crippen LogP contribution in [0.4, 0.5) is 5.69 Å². The molecule has 2 rings (SSSR count). The van der Waals surface area contributed by atoms with Gasteiger partial charge in [0.15, 0.2) is 0 Å². The van der Waals surface area contributed by atoms with Crippen molar-refractivity contribution in [2.45, 2.75) is 23.1 Å². The summed E-state index contributed by atoms with van der Waals surface area (Å²) in [4.78, 5) is 26.2. The summed E-state index contributed by atoms with van der Waals surface area (Å²) in [6.07, 6.45) is 0.0775. The van der Waals surface area contributed by atoms with Crippen molar-refractivity contribution in [1.29, 1.82) is 0 Å². The van der Waals surface area contributed by atoms with Gasteiger partial charge < -0.3 is 15.4 Å². The number of anilines is 1. The summed E-state index contributed by atoms with van der Waals surface area (Å²) in [5.41, 5.74) is 7.44. The normalized spacial score (nSPS) is 18.7. The van der Waals surface area contributed by atoms with Crippen LogP contribution < -0.4 is 5.73 Å². The molecule has 1 unspecified atom stereocenters. The number of esters is 1. The van der Waals surface area contributed by atoms with Crippen LogP contribution in [-0.4, -0.2) is 36.2 Å². The number of nitrogen functional groups attached to an aromatic ring is 1. The van der Waals surface area contributed by atoms with Crippen LogP contribution >= 0.6 is 11.8 Å². The third kappa shape index (κ3) is 3.01. The Labute approximate surface area is 116 Å². The Bertz CT molecular complexity index is 519. The van der Waals surface area contributed by atoms with Gasteiger partial charge in [0.2, 0.25) is 5.91 Å². The molecule has 0 fully saturated rings. The summed E-state index contributed by atoms with van der Waals surface area (Å²) in [6.45, 7) is 0.504. The van der Waals surface area contributed by atoms with E-state index in [0.717, 1.165) is 10.5 Å². The highest BCUT2D eigenvalue weighted by Gasteiger charge is 2.30. The van der Waals surface area contributed by atoms with E-state index in [1.54, 1.807) is 18.0 Å². The Morgan fingerprint density at radius 1 is 1.58 bits per heavy atom. The number of carbonyl (C=O) groups is 2. The van der Waals surface area contributed by atoms with E-state index in [4.69, 9.17) is 5.73 Å². The number of carbonyl (C=O) groups excluding carboxylic acids is 2. The number of amides is 1. The summed E-state index contributed by atoms with van der Waals surface area (Å²) >= 11 is 1.39. The van der Waals surface area contributed by atoms with Crippen molar-refractivity contribution in [3.8, 4) is 0 Å². The number of methoxy groups -OCH3 is 1. The monoisotopic (exact) mass is 280 g/mol. The minimum atomic E-state index is -0.442. The summed E-state index contributed by atoms with van der Waals surface area (Å²) in [5.74, 6) is -0.441. The maximum absolute atomic E-state index is 12.2. The molecule has 1 aliphatic heterocycles. The molecule has 19 heavy (non-hydrogen) atoms. The fourth-order valence-corrected chi connectivity index (χ4v) is 3.21. The number of ether oxygens (including phenoxy) is 1. The average molecular weight is 280 g/mol. The Kier molecular flexibility index (Phi) is 3.99. The number of nitrogens with two attached hydrogens (primary N) is 1. The lowest BCUT2D eigenvalue weighted by Gasteiger charge is -2.18. The van der Waals surface area contributed by atoms with Crippen LogP contribution in [0, 0.1) is 0 Å².